The summed E-state index contributed by atoms with van der Waals surface area (Å²) >= 11 is 6.44. The highest BCUT2D eigenvalue weighted by Crippen LogP contribution is 2.33. The molecule has 0 spiro atoms. The van der Waals surface area contributed by atoms with Crippen molar-refractivity contribution in [2.45, 2.75) is 33.6 Å². The Hall–Kier alpha value is -2.53. The molecule has 1 fully saturated rings. The molecule has 0 aliphatic carbocycles. The summed E-state index contributed by atoms with van der Waals surface area (Å²) in [5.41, 5.74) is 4.98. The van der Waals surface area contributed by atoms with Crippen LogP contribution >= 0.6 is 11.6 Å². The Morgan fingerprint density at radius 1 is 1.18 bits per heavy atom. The van der Waals surface area contributed by atoms with Gasteiger partial charge >= 0.3 is 5.97 Å². The van der Waals surface area contributed by atoms with Gasteiger partial charge in [0.15, 0.2) is 0 Å². The molecular formula is C22H26ClN3O2. The van der Waals surface area contributed by atoms with Gasteiger partial charge in [-0.2, -0.15) is 0 Å². The summed E-state index contributed by atoms with van der Waals surface area (Å²) in [5, 5.41) is 9.81. The number of nitrogens with zero attached hydrogens (tertiary/aromatic N) is 2. The van der Waals surface area contributed by atoms with E-state index < -0.39 is 5.97 Å². The lowest BCUT2D eigenvalue weighted by atomic mass is 9.96. The molecule has 5 nitrogen and oxygen atoms in total. The van der Waals surface area contributed by atoms with Crippen LogP contribution < -0.4 is 4.90 Å². The van der Waals surface area contributed by atoms with Gasteiger partial charge in [0.25, 0.3) is 0 Å². The number of benzene rings is 2. The number of anilines is 1. The molecule has 28 heavy (non-hydrogen) atoms. The minimum Gasteiger partial charge on any atom is -0.481 e. The number of aromatic amines is 1. The number of H-pyrrole nitrogens is 1. The number of aryl methyl sites for hydroxylation is 1. The molecule has 2 heterocycles. The van der Waals surface area contributed by atoms with E-state index >= 15 is 0 Å². The Bertz CT molecular complexity index is 975. The van der Waals surface area contributed by atoms with Gasteiger partial charge in [-0.3, -0.25) is 4.79 Å². The second-order valence-corrected chi connectivity index (χ2v) is 7.28. The van der Waals surface area contributed by atoms with Crippen molar-refractivity contribution in [1.82, 2.24) is 9.97 Å². The van der Waals surface area contributed by atoms with Crippen LogP contribution in [0.5, 0.6) is 0 Å². The predicted molar refractivity (Wildman–Crippen MR) is 115 cm³/mol. The van der Waals surface area contributed by atoms with E-state index in [1.54, 1.807) is 0 Å². The van der Waals surface area contributed by atoms with E-state index in [4.69, 9.17) is 16.7 Å². The van der Waals surface area contributed by atoms with E-state index in [-0.39, 0.29) is 5.92 Å². The fraction of sp³-hybridized carbons (Fsp3) is 0.364. The van der Waals surface area contributed by atoms with Crippen molar-refractivity contribution >= 4 is 34.3 Å². The maximum absolute atomic E-state index is 11.1. The fourth-order valence-corrected chi connectivity index (χ4v) is 3.73. The molecule has 1 saturated heterocycles. The first-order valence-corrected chi connectivity index (χ1v) is 10.1. The van der Waals surface area contributed by atoms with Crippen LogP contribution in [0.4, 0.5) is 5.69 Å². The van der Waals surface area contributed by atoms with Crippen molar-refractivity contribution in [3.05, 3.63) is 47.0 Å². The van der Waals surface area contributed by atoms with Crippen molar-refractivity contribution < 1.29 is 9.90 Å². The largest absolute Gasteiger partial charge is 0.481 e. The number of hydrogen-bond acceptors (Lipinski definition) is 3. The molecule has 2 aromatic carbocycles. The Morgan fingerprint density at radius 2 is 1.89 bits per heavy atom. The lowest BCUT2D eigenvalue weighted by Crippen LogP contribution is -2.36. The lowest BCUT2D eigenvalue weighted by molar-refractivity contribution is -0.142. The molecule has 4 rings (SSSR count). The van der Waals surface area contributed by atoms with Gasteiger partial charge in [0.05, 0.1) is 22.0 Å². The number of carboxylic acids is 1. The molecule has 1 aliphatic rings. The number of imidazole rings is 1. The van der Waals surface area contributed by atoms with Crippen LogP contribution in [0.15, 0.2) is 36.4 Å². The zero-order valence-electron chi connectivity index (χ0n) is 16.5. The van der Waals surface area contributed by atoms with Crippen molar-refractivity contribution in [2.24, 2.45) is 5.92 Å². The van der Waals surface area contributed by atoms with E-state index in [2.05, 4.69) is 20.9 Å². The number of nitrogens with one attached hydrogen (secondary N) is 1. The fourth-order valence-electron chi connectivity index (χ4n) is 3.53. The maximum Gasteiger partial charge on any atom is 0.306 e. The number of rotatable bonds is 3. The Morgan fingerprint density at radius 3 is 2.57 bits per heavy atom. The van der Waals surface area contributed by atoms with E-state index in [1.807, 2.05) is 51.1 Å². The molecule has 0 radical (unpaired) electrons. The topological polar surface area (TPSA) is 69.2 Å². The molecule has 0 unspecified atom stereocenters. The summed E-state index contributed by atoms with van der Waals surface area (Å²) in [5.74, 6) is -0.187. The minimum atomic E-state index is -0.695. The van der Waals surface area contributed by atoms with Crippen LogP contribution in [0.2, 0.25) is 5.02 Å². The predicted octanol–water partition coefficient (Wildman–Crippen LogP) is 5.52. The first-order chi connectivity index (χ1) is 13.5. The molecule has 1 aromatic heterocycles. The van der Waals surface area contributed by atoms with Crippen LogP contribution in [0.1, 0.15) is 32.3 Å². The minimum absolute atomic E-state index is 0.239. The van der Waals surface area contributed by atoms with Gasteiger partial charge in [0, 0.05) is 24.3 Å². The van der Waals surface area contributed by atoms with Gasteiger partial charge in [-0.1, -0.05) is 31.5 Å². The first-order valence-electron chi connectivity index (χ1n) is 9.75. The van der Waals surface area contributed by atoms with Crippen molar-refractivity contribution in [3.8, 4) is 11.4 Å². The van der Waals surface area contributed by atoms with E-state index in [1.165, 1.54) is 5.56 Å². The smallest absolute Gasteiger partial charge is 0.306 e. The van der Waals surface area contributed by atoms with Gasteiger partial charge in [-0.15, -0.1) is 0 Å². The number of piperidine rings is 1. The summed E-state index contributed by atoms with van der Waals surface area (Å²) in [6.07, 6.45) is 1.33. The van der Waals surface area contributed by atoms with Crippen molar-refractivity contribution in [1.29, 1.82) is 0 Å². The molecule has 148 valence electrons. The van der Waals surface area contributed by atoms with E-state index in [9.17, 15) is 4.79 Å². The normalized spacial score (nSPS) is 14.6. The molecule has 3 aromatic rings. The first kappa shape index (κ1) is 20.2. The number of fused-ring (bicyclic) bond motifs is 1. The SMILES string of the molecule is CC.Cc1ccc2nc(-c3cc(N4CCC(C(=O)O)CC4)ccc3Cl)[nH]c2c1. The van der Waals surface area contributed by atoms with Gasteiger partial charge in [0.2, 0.25) is 0 Å². The molecular weight excluding hydrogens is 374 g/mol. The van der Waals surface area contributed by atoms with Crippen LogP contribution in [-0.4, -0.2) is 34.1 Å². The van der Waals surface area contributed by atoms with Crippen LogP contribution in [0, 0.1) is 12.8 Å². The number of aromatic nitrogens is 2. The summed E-state index contributed by atoms with van der Waals surface area (Å²) in [6.45, 7) is 7.52. The summed E-state index contributed by atoms with van der Waals surface area (Å²) < 4.78 is 0. The number of carbonyl (C=O) groups is 1. The lowest BCUT2D eigenvalue weighted by Gasteiger charge is -2.32. The zero-order chi connectivity index (χ0) is 20.3. The Balaban J connectivity index is 0.00000109. The maximum atomic E-state index is 11.1. The Kier molecular flexibility index (Phi) is 6.25. The third-order valence-electron chi connectivity index (χ3n) is 5.05. The summed E-state index contributed by atoms with van der Waals surface area (Å²) in [6, 6.07) is 12.0. The summed E-state index contributed by atoms with van der Waals surface area (Å²) in [4.78, 5) is 21.4. The number of halogens is 1. The molecule has 0 saturated carbocycles. The molecule has 2 N–H and O–H groups in total. The van der Waals surface area contributed by atoms with Gasteiger partial charge in [-0.25, -0.2) is 4.98 Å². The van der Waals surface area contributed by atoms with Crippen molar-refractivity contribution in [3.63, 3.8) is 0 Å². The highest BCUT2D eigenvalue weighted by molar-refractivity contribution is 6.33. The Labute approximate surface area is 170 Å². The van der Waals surface area contributed by atoms with Gasteiger partial charge < -0.3 is 15.0 Å². The van der Waals surface area contributed by atoms with E-state index in [0.29, 0.717) is 17.9 Å². The van der Waals surface area contributed by atoms with Crippen LogP contribution in [-0.2, 0) is 4.79 Å². The third kappa shape index (κ3) is 4.14. The highest BCUT2D eigenvalue weighted by Gasteiger charge is 2.25. The number of hydrogen-bond donors (Lipinski definition) is 2. The zero-order valence-corrected chi connectivity index (χ0v) is 17.3. The standard InChI is InChI=1S/C20H20ClN3O2.C2H6/c1-12-2-5-17-18(10-12)23-19(22-17)15-11-14(3-4-16(15)21)24-8-6-13(7-9-24)20(25)26;1-2/h2-5,10-11,13H,6-9H2,1H3,(H,22,23)(H,25,26);1-2H3. The average molecular weight is 400 g/mol. The van der Waals surface area contributed by atoms with Crippen LogP contribution in [0.25, 0.3) is 22.4 Å². The third-order valence-corrected chi connectivity index (χ3v) is 5.38. The second-order valence-electron chi connectivity index (χ2n) is 6.87. The summed E-state index contributed by atoms with van der Waals surface area (Å²) in [7, 11) is 0. The molecule has 0 atom stereocenters. The van der Waals surface area contributed by atoms with E-state index in [0.717, 1.165) is 41.2 Å². The molecule has 6 heteroatoms. The quantitative estimate of drug-likeness (QED) is 0.608. The van der Waals surface area contributed by atoms with Gasteiger partial charge in [0.1, 0.15) is 5.82 Å². The molecule has 1 aliphatic heterocycles. The second kappa shape index (κ2) is 8.65. The monoisotopic (exact) mass is 399 g/mol. The molecule has 0 bridgehead atoms. The van der Waals surface area contributed by atoms with Crippen molar-refractivity contribution in [2.75, 3.05) is 18.0 Å². The number of aliphatic carboxylic acids is 1. The van der Waals surface area contributed by atoms with Crippen LogP contribution in [0.3, 0.4) is 0 Å². The highest BCUT2D eigenvalue weighted by atomic mass is 35.5. The average Bonchev–Trinajstić information content (AvgIpc) is 3.13. The van der Waals surface area contributed by atoms with Gasteiger partial charge in [-0.05, 0) is 55.7 Å². The number of carboxylic acid groups (broad SMARTS) is 1. The molecule has 0 amide bonds.